The summed E-state index contributed by atoms with van der Waals surface area (Å²) in [6.45, 7) is 0.412. The van der Waals surface area contributed by atoms with E-state index in [1.807, 2.05) is 0 Å². The van der Waals surface area contributed by atoms with Crippen molar-refractivity contribution >= 4 is 11.6 Å². The van der Waals surface area contributed by atoms with Gasteiger partial charge in [-0.15, -0.1) is 0 Å². The minimum absolute atomic E-state index is 0.0356. The average Bonchev–Trinajstić information content (AvgIpc) is 2.33. The van der Waals surface area contributed by atoms with Crippen LogP contribution in [-0.4, -0.2) is 20.8 Å². The third-order valence-electron chi connectivity index (χ3n) is 3.82. The van der Waals surface area contributed by atoms with Gasteiger partial charge in [0.1, 0.15) is 10.8 Å². The normalized spacial score (nSPS) is 17.2. The molecule has 5 heteroatoms. The van der Waals surface area contributed by atoms with Gasteiger partial charge in [0, 0.05) is 17.5 Å². The number of ether oxygens (including phenoxy) is 2. The quantitative estimate of drug-likeness (QED) is 0.917. The topological polar surface area (TPSA) is 44.5 Å². The van der Waals surface area contributed by atoms with Gasteiger partial charge in [-0.25, -0.2) is 4.39 Å². The molecule has 1 aliphatic rings. The summed E-state index contributed by atoms with van der Waals surface area (Å²) in [5, 5.41) is -0.0356. The van der Waals surface area contributed by atoms with Gasteiger partial charge in [-0.05, 0) is 18.9 Å². The molecular formula is C13H17ClFNO2. The maximum absolute atomic E-state index is 14.3. The van der Waals surface area contributed by atoms with Crippen LogP contribution in [0.15, 0.2) is 6.07 Å². The predicted octanol–water partition coefficient (Wildman–Crippen LogP) is 2.88. The van der Waals surface area contributed by atoms with Gasteiger partial charge in [0.05, 0.1) is 14.2 Å². The van der Waals surface area contributed by atoms with E-state index in [0.717, 1.165) is 19.3 Å². The predicted molar refractivity (Wildman–Crippen MR) is 69.1 cm³/mol. The van der Waals surface area contributed by atoms with E-state index in [0.29, 0.717) is 17.9 Å². The van der Waals surface area contributed by atoms with Gasteiger partial charge < -0.3 is 15.2 Å². The minimum Gasteiger partial charge on any atom is -0.493 e. The van der Waals surface area contributed by atoms with E-state index in [2.05, 4.69) is 0 Å². The van der Waals surface area contributed by atoms with E-state index >= 15 is 0 Å². The summed E-state index contributed by atoms with van der Waals surface area (Å²) in [6.07, 6.45) is 2.82. The smallest absolute Gasteiger partial charge is 0.182 e. The Labute approximate surface area is 111 Å². The number of nitrogens with two attached hydrogens (primary N) is 1. The van der Waals surface area contributed by atoms with Crippen LogP contribution in [0.5, 0.6) is 11.5 Å². The van der Waals surface area contributed by atoms with Gasteiger partial charge in [-0.1, -0.05) is 18.0 Å². The van der Waals surface area contributed by atoms with Crippen LogP contribution >= 0.6 is 11.6 Å². The zero-order valence-corrected chi connectivity index (χ0v) is 11.3. The standard InChI is InChI=1S/C13H17ClFNO2/c1-17-9-6-8(13(7-16)4-3-5-13)11(15)10(14)12(9)18-2/h6H,3-5,7,16H2,1-2H3. The molecule has 0 atom stereocenters. The first-order chi connectivity index (χ1) is 8.59. The van der Waals surface area contributed by atoms with E-state index in [-0.39, 0.29) is 16.2 Å². The van der Waals surface area contributed by atoms with Gasteiger partial charge in [-0.3, -0.25) is 0 Å². The van der Waals surface area contributed by atoms with Gasteiger partial charge in [-0.2, -0.15) is 0 Å². The highest BCUT2D eigenvalue weighted by atomic mass is 35.5. The van der Waals surface area contributed by atoms with Crippen LogP contribution < -0.4 is 15.2 Å². The Hall–Kier alpha value is -1.00. The second-order valence-corrected chi connectivity index (χ2v) is 5.00. The Bertz CT molecular complexity index is 455. The highest BCUT2D eigenvalue weighted by molar-refractivity contribution is 6.32. The molecule has 1 saturated carbocycles. The second-order valence-electron chi connectivity index (χ2n) is 4.63. The maximum atomic E-state index is 14.3. The van der Waals surface area contributed by atoms with Gasteiger partial charge in [0.25, 0.3) is 0 Å². The molecule has 3 nitrogen and oxygen atoms in total. The number of rotatable bonds is 4. The highest BCUT2D eigenvalue weighted by Crippen LogP contribution is 2.49. The molecule has 1 fully saturated rings. The second kappa shape index (κ2) is 4.94. The van der Waals surface area contributed by atoms with Gasteiger partial charge in [0.15, 0.2) is 11.5 Å². The van der Waals surface area contributed by atoms with Crippen LogP contribution in [0.25, 0.3) is 0 Å². The summed E-state index contributed by atoms with van der Waals surface area (Å²) in [4.78, 5) is 0. The van der Waals surface area contributed by atoms with Crippen molar-refractivity contribution in [1.82, 2.24) is 0 Å². The lowest BCUT2D eigenvalue weighted by Gasteiger charge is -2.42. The molecule has 0 aliphatic heterocycles. The van der Waals surface area contributed by atoms with Crippen LogP contribution in [0.1, 0.15) is 24.8 Å². The fourth-order valence-corrected chi connectivity index (χ4v) is 2.77. The molecule has 0 radical (unpaired) electrons. The molecule has 1 aliphatic carbocycles. The van der Waals surface area contributed by atoms with E-state index < -0.39 is 5.82 Å². The number of hydrogen-bond donors (Lipinski definition) is 1. The van der Waals surface area contributed by atoms with Crippen molar-refractivity contribution in [2.45, 2.75) is 24.7 Å². The molecule has 0 amide bonds. The van der Waals surface area contributed by atoms with Crippen molar-refractivity contribution in [2.75, 3.05) is 20.8 Å². The number of benzene rings is 1. The lowest BCUT2D eigenvalue weighted by Crippen LogP contribution is -2.42. The first-order valence-corrected chi connectivity index (χ1v) is 6.28. The molecule has 1 aromatic carbocycles. The highest BCUT2D eigenvalue weighted by Gasteiger charge is 2.41. The summed E-state index contributed by atoms with van der Waals surface area (Å²) < 4.78 is 24.6. The SMILES string of the molecule is COc1cc(C2(CN)CCC2)c(F)c(Cl)c1OC. The van der Waals surface area contributed by atoms with Crippen molar-refractivity contribution in [1.29, 1.82) is 0 Å². The summed E-state index contributed by atoms with van der Waals surface area (Å²) in [5.41, 5.74) is 6.04. The average molecular weight is 274 g/mol. The third-order valence-corrected chi connectivity index (χ3v) is 4.16. The molecule has 0 heterocycles. The lowest BCUT2D eigenvalue weighted by molar-refractivity contribution is 0.242. The fourth-order valence-electron chi connectivity index (χ4n) is 2.50. The number of hydrogen-bond acceptors (Lipinski definition) is 3. The van der Waals surface area contributed by atoms with Crippen LogP contribution in [0.2, 0.25) is 5.02 Å². The molecule has 18 heavy (non-hydrogen) atoms. The molecule has 0 saturated heterocycles. The monoisotopic (exact) mass is 273 g/mol. The van der Waals surface area contributed by atoms with Crippen molar-refractivity contribution in [3.8, 4) is 11.5 Å². The van der Waals surface area contributed by atoms with Crippen LogP contribution in [-0.2, 0) is 5.41 Å². The Morgan fingerprint density at radius 2 is 2.06 bits per heavy atom. The summed E-state index contributed by atoms with van der Waals surface area (Å²) in [7, 11) is 2.94. The van der Waals surface area contributed by atoms with E-state index in [4.69, 9.17) is 26.8 Å². The first kappa shape index (κ1) is 13.4. The fraction of sp³-hybridized carbons (Fsp3) is 0.538. The summed E-state index contributed by atoms with van der Waals surface area (Å²) >= 11 is 6.01. The van der Waals surface area contributed by atoms with Crippen LogP contribution in [0.4, 0.5) is 4.39 Å². The molecule has 2 N–H and O–H groups in total. The van der Waals surface area contributed by atoms with E-state index in [9.17, 15) is 4.39 Å². The van der Waals surface area contributed by atoms with Crippen LogP contribution in [0, 0.1) is 5.82 Å². The van der Waals surface area contributed by atoms with E-state index in [1.54, 1.807) is 6.07 Å². The van der Waals surface area contributed by atoms with Gasteiger partial charge >= 0.3 is 0 Å². The Balaban J connectivity index is 2.58. The molecule has 0 unspecified atom stereocenters. The van der Waals surface area contributed by atoms with Crippen molar-refractivity contribution in [2.24, 2.45) is 5.73 Å². The molecule has 1 aromatic rings. The van der Waals surface area contributed by atoms with Crippen molar-refractivity contribution in [3.05, 3.63) is 22.5 Å². The zero-order valence-electron chi connectivity index (χ0n) is 10.6. The summed E-state index contributed by atoms with van der Waals surface area (Å²) in [6, 6.07) is 1.66. The van der Waals surface area contributed by atoms with Crippen LogP contribution in [0.3, 0.4) is 0 Å². The zero-order chi connectivity index (χ0) is 13.3. The molecule has 100 valence electrons. The molecule has 0 aromatic heterocycles. The lowest BCUT2D eigenvalue weighted by atomic mass is 9.64. The first-order valence-electron chi connectivity index (χ1n) is 5.90. The summed E-state index contributed by atoms with van der Waals surface area (Å²) in [5.74, 6) is 0.227. The molecular weight excluding hydrogens is 257 g/mol. The molecule has 0 bridgehead atoms. The van der Waals surface area contributed by atoms with E-state index in [1.165, 1.54) is 14.2 Å². The number of methoxy groups -OCH3 is 2. The Morgan fingerprint density at radius 1 is 1.39 bits per heavy atom. The van der Waals surface area contributed by atoms with Crippen molar-refractivity contribution in [3.63, 3.8) is 0 Å². The Morgan fingerprint density at radius 3 is 2.44 bits per heavy atom. The Kier molecular flexibility index (Phi) is 3.69. The minimum atomic E-state index is -0.445. The number of halogens is 2. The molecule has 0 spiro atoms. The largest absolute Gasteiger partial charge is 0.493 e. The molecule has 2 rings (SSSR count). The maximum Gasteiger partial charge on any atom is 0.182 e. The third kappa shape index (κ3) is 1.84. The van der Waals surface area contributed by atoms with Gasteiger partial charge in [0.2, 0.25) is 0 Å². The van der Waals surface area contributed by atoms with Crippen molar-refractivity contribution < 1.29 is 13.9 Å².